The normalized spacial score (nSPS) is 30.3. The van der Waals surface area contributed by atoms with Gasteiger partial charge in [-0.25, -0.2) is 0 Å². The van der Waals surface area contributed by atoms with Gasteiger partial charge in [0.1, 0.15) is 0 Å². The number of carboxylic acid groups (broad SMARTS) is 1. The Morgan fingerprint density at radius 2 is 2.00 bits per heavy atom. The van der Waals surface area contributed by atoms with Crippen molar-refractivity contribution in [3.8, 4) is 0 Å². The molecule has 0 aliphatic carbocycles. The molecule has 1 fully saturated rings. The summed E-state index contributed by atoms with van der Waals surface area (Å²) in [6.45, 7) is 4.44. The van der Waals surface area contributed by atoms with E-state index < -0.39 is 42.5 Å². The number of carbonyl (C=O) groups excluding carboxylic acids is 1. The second-order valence-electron chi connectivity index (χ2n) is 5.26. The van der Waals surface area contributed by atoms with Crippen molar-refractivity contribution in [3.63, 3.8) is 0 Å². The van der Waals surface area contributed by atoms with Crippen molar-refractivity contribution in [2.24, 2.45) is 11.8 Å². The molecule has 0 saturated carbocycles. The number of aliphatic carboxylic acids is 1. The molecule has 4 unspecified atom stereocenters. The van der Waals surface area contributed by atoms with Crippen molar-refractivity contribution in [3.05, 3.63) is 0 Å². The minimum Gasteiger partial charge on any atom is -0.481 e. The lowest BCUT2D eigenvalue weighted by atomic mass is 9.80. The van der Waals surface area contributed by atoms with Gasteiger partial charge in [-0.1, -0.05) is 6.92 Å². The number of piperidine rings is 1. The highest BCUT2D eigenvalue weighted by atomic mass is 19.4. The quantitative estimate of drug-likeness (QED) is 0.863. The summed E-state index contributed by atoms with van der Waals surface area (Å²) in [5.41, 5.74) is 0. The lowest BCUT2D eigenvalue weighted by Gasteiger charge is -2.44. The highest BCUT2D eigenvalue weighted by Gasteiger charge is 2.45. The highest BCUT2D eigenvalue weighted by Crippen LogP contribution is 2.34. The van der Waals surface area contributed by atoms with Gasteiger partial charge < -0.3 is 10.0 Å². The Hall–Kier alpha value is -1.27. The number of carbonyl (C=O) groups is 2. The Bertz CT molecular complexity index is 370. The van der Waals surface area contributed by atoms with Crippen LogP contribution in [0.4, 0.5) is 13.2 Å². The minimum atomic E-state index is -4.37. The monoisotopic (exact) mass is 281 g/mol. The number of halogens is 3. The number of likely N-dealkylation sites (tertiary alicyclic amines) is 1. The smallest absolute Gasteiger partial charge is 0.391 e. The molecule has 0 radical (unpaired) electrons. The molecule has 1 saturated heterocycles. The first-order valence-electron chi connectivity index (χ1n) is 6.15. The van der Waals surface area contributed by atoms with Crippen LogP contribution in [0.2, 0.25) is 0 Å². The maximum Gasteiger partial charge on any atom is 0.391 e. The van der Waals surface area contributed by atoms with Crippen LogP contribution >= 0.6 is 0 Å². The van der Waals surface area contributed by atoms with Gasteiger partial charge in [0.25, 0.3) is 0 Å². The molecule has 0 aromatic rings. The van der Waals surface area contributed by atoms with E-state index in [1.807, 2.05) is 0 Å². The van der Waals surface area contributed by atoms with Crippen LogP contribution in [0.3, 0.4) is 0 Å². The number of amides is 1. The molecule has 1 aliphatic rings. The van der Waals surface area contributed by atoms with Crippen molar-refractivity contribution in [2.75, 3.05) is 0 Å². The number of rotatable bonds is 3. The van der Waals surface area contributed by atoms with Gasteiger partial charge in [-0.15, -0.1) is 0 Å². The van der Waals surface area contributed by atoms with Gasteiger partial charge in [-0.3, -0.25) is 9.59 Å². The topological polar surface area (TPSA) is 57.6 Å². The molecule has 0 spiro atoms. The minimum absolute atomic E-state index is 0.0243. The van der Waals surface area contributed by atoms with Crippen LogP contribution in [0.25, 0.3) is 0 Å². The molecule has 0 aromatic heterocycles. The molecule has 1 N–H and O–H groups in total. The third-order valence-electron chi connectivity index (χ3n) is 3.64. The van der Waals surface area contributed by atoms with E-state index in [9.17, 15) is 22.8 Å². The van der Waals surface area contributed by atoms with E-state index in [2.05, 4.69) is 0 Å². The molecule has 0 bridgehead atoms. The van der Waals surface area contributed by atoms with Crippen molar-refractivity contribution in [1.29, 1.82) is 0 Å². The fourth-order valence-corrected chi connectivity index (χ4v) is 2.91. The second kappa shape index (κ2) is 5.38. The fraction of sp³-hybridized carbons (Fsp3) is 0.833. The first-order chi connectivity index (χ1) is 8.54. The summed E-state index contributed by atoms with van der Waals surface area (Å²) in [7, 11) is 0. The maximum atomic E-state index is 12.4. The average molecular weight is 281 g/mol. The molecule has 1 aliphatic heterocycles. The molecule has 1 heterocycles. The molecule has 19 heavy (non-hydrogen) atoms. The first kappa shape index (κ1) is 15.8. The SMILES string of the molecule is CC1CC(=O)N(C(C)CC(F)(F)F)C(C)C1C(=O)O. The van der Waals surface area contributed by atoms with Crippen molar-refractivity contribution < 1.29 is 27.9 Å². The predicted molar refractivity (Wildman–Crippen MR) is 61.3 cm³/mol. The number of hydrogen-bond acceptors (Lipinski definition) is 2. The van der Waals surface area contributed by atoms with Gasteiger partial charge in [0.15, 0.2) is 0 Å². The standard InChI is InChI=1S/C12H18F3NO3/c1-6-4-9(17)16(7(2)5-12(13,14)15)8(3)10(6)11(18)19/h6-8,10H,4-5H2,1-3H3,(H,18,19). The van der Waals surface area contributed by atoms with Crippen LogP contribution in [-0.4, -0.2) is 40.1 Å². The molecular weight excluding hydrogens is 263 g/mol. The summed E-state index contributed by atoms with van der Waals surface area (Å²) in [4.78, 5) is 24.1. The largest absolute Gasteiger partial charge is 0.481 e. The molecule has 7 heteroatoms. The molecule has 110 valence electrons. The summed E-state index contributed by atoms with van der Waals surface area (Å²) < 4.78 is 37.2. The van der Waals surface area contributed by atoms with Gasteiger partial charge in [0.2, 0.25) is 5.91 Å². The second-order valence-corrected chi connectivity index (χ2v) is 5.26. The van der Waals surface area contributed by atoms with Gasteiger partial charge in [-0.05, 0) is 19.8 Å². The zero-order chi connectivity index (χ0) is 15.0. The number of alkyl halides is 3. The van der Waals surface area contributed by atoms with Gasteiger partial charge in [0.05, 0.1) is 12.3 Å². The van der Waals surface area contributed by atoms with E-state index in [0.717, 1.165) is 4.90 Å². The molecule has 1 amide bonds. The van der Waals surface area contributed by atoms with Crippen LogP contribution in [0.1, 0.15) is 33.6 Å². The van der Waals surface area contributed by atoms with Crippen LogP contribution in [0.15, 0.2) is 0 Å². The zero-order valence-electron chi connectivity index (χ0n) is 11.1. The van der Waals surface area contributed by atoms with Crippen molar-refractivity contribution in [1.82, 2.24) is 4.90 Å². The third-order valence-corrected chi connectivity index (χ3v) is 3.64. The summed E-state index contributed by atoms with van der Waals surface area (Å²) in [6.07, 6.45) is -5.52. The van der Waals surface area contributed by atoms with E-state index in [1.165, 1.54) is 13.8 Å². The van der Waals surface area contributed by atoms with Crippen molar-refractivity contribution in [2.45, 2.75) is 51.9 Å². The maximum absolute atomic E-state index is 12.4. The van der Waals surface area contributed by atoms with Crippen LogP contribution in [0, 0.1) is 11.8 Å². The van der Waals surface area contributed by atoms with E-state index in [1.54, 1.807) is 6.92 Å². The lowest BCUT2D eigenvalue weighted by Crippen LogP contribution is -2.56. The van der Waals surface area contributed by atoms with Gasteiger partial charge in [0, 0.05) is 18.5 Å². The van der Waals surface area contributed by atoms with Crippen LogP contribution in [-0.2, 0) is 9.59 Å². The van der Waals surface area contributed by atoms with Gasteiger partial charge >= 0.3 is 12.1 Å². The Balaban J connectivity index is 2.92. The molecule has 4 atom stereocenters. The van der Waals surface area contributed by atoms with E-state index in [0.29, 0.717) is 0 Å². The Morgan fingerprint density at radius 3 is 2.42 bits per heavy atom. The summed E-state index contributed by atoms with van der Waals surface area (Å²) in [6, 6.07) is -1.78. The lowest BCUT2D eigenvalue weighted by molar-refractivity contribution is -0.166. The van der Waals surface area contributed by atoms with Crippen molar-refractivity contribution >= 4 is 11.9 Å². The molecule has 0 aromatic carbocycles. The summed E-state index contributed by atoms with van der Waals surface area (Å²) in [5.74, 6) is -2.67. The van der Waals surface area contributed by atoms with Crippen LogP contribution < -0.4 is 0 Å². The molecule has 4 nitrogen and oxygen atoms in total. The Kier molecular flexibility index (Phi) is 4.47. The molecule has 1 rings (SSSR count). The number of hydrogen-bond donors (Lipinski definition) is 1. The molecular formula is C12H18F3NO3. The zero-order valence-corrected chi connectivity index (χ0v) is 11.1. The van der Waals surface area contributed by atoms with Crippen LogP contribution in [0.5, 0.6) is 0 Å². The van der Waals surface area contributed by atoms with E-state index >= 15 is 0 Å². The Labute approximate surface area is 109 Å². The Morgan fingerprint density at radius 1 is 1.47 bits per heavy atom. The number of nitrogens with zero attached hydrogens (tertiary/aromatic N) is 1. The predicted octanol–water partition coefficient (Wildman–Crippen LogP) is 2.29. The summed E-state index contributed by atoms with van der Waals surface area (Å²) in [5, 5.41) is 9.14. The van der Waals surface area contributed by atoms with Gasteiger partial charge in [-0.2, -0.15) is 13.2 Å². The summed E-state index contributed by atoms with van der Waals surface area (Å²) >= 11 is 0. The number of carboxylic acids is 1. The van der Waals surface area contributed by atoms with E-state index in [-0.39, 0.29) is 12.3 Å². The average Bonchev–Trinajstić information content (AvgIpc) is 2.11. The third kappa shape index (κ3) is 3.61. The fourth-order valence-electron chi connectivity index (χ4n) is 2.91. The highest BCUT2D eigenvalue weighted by molar-refractivity contribution is 5.82. The first-order valence-corrected chi connectivity index (χ1v) is 6.15. The van der Waals surface area contributed by atoms with E-state index in [4.69, 9.17) is 5.11 Å².